The number of imidazole rings is 1. The van der Waals surface area contributed by atoms with Crippen LogP contribution in [0.1, 0.15) is 0 Å². The lowest BCUT2D eigenvalue weighted by Crippen LogP contribution is -1.93. The topological polar surface area (TPSA) is 30.2 Å². The monoisotopic (exact) mass is 545 g/mol. The lowest BCUT2D eigenvalue weighted by Gasteiger charge is -2.15. The number of benzene rings is 7. The fourth-order valence-electron chi connectivity index (χ4n) is 7.19. The van der Waals surface area contributed by atoms with Gasteiger partial charge in [-0.05, 0) is 73.8 Å². The van der Waals surface area contributed by atoms with Crippen LogP contribution in [0.25, 0.3) is 93.1 Å². The second-order valence-corrected chi connectivity index (χ2v) is 11.4. The van der Waals surface area contributed by atoms with Gasteiger partial charge in [0.25, 0.3) is 0 Å². The first-order valence-electron chi connectivity index (χ1n) is 14.7. The highest BCUT2D eigenvalue weighted by Crippen LogP contribution is 2.40. The van der Waals surface area contributed by atoms with Gasteiger partial charge in [0.05, 0.1) is 22.2 Å². The second kappa shape index (κ2) is 8.37. The van der Waals surface area contributed by atoms with E-state index in [9.17, 15) is 0 Å². The van der Waals surface area contributed by atoms with Crippen LogP contribution in [0.15, 0.2) is 140 Å². The minimum Gasteiger partial charge on any atom is -0.292 e. The van der Waals surface area contributed by atoms with Crippen molar-refractivity contribution in [1.29, 1.82) is 0 Å². The molecule has 0 aliphatic carbocycles. The Kier molecular flexibility index (Phi) is 4.45. The maximum atomic E-state index is 5.10. The summed E-state index contributed by atoms with van der Waals surface area (Å²) in [6.45, 7) is 0. The molecule has 3 nitrogen and oxygen atoms in total. The summed E-state index contributed by atoms with van der Waals surface area (Å²) in [7, 11) is 0. The summed E-state index contributed by atoms with van der Waals surface area (Å²) in [6.07, 6.45) is 2.02. The molecular weight excluding hydrogens is 522 g/mol. The Bertz CT molecular complexity index is 2720. The van der Waals surface area contributed by atoms with E-state index in [0.717, 1.165) is 44.2 Å². The fourth-order valence-corrected chi connectivity index (χ4v) is 7.19. The van der Waals surface area contributed by atoms with E-state index in [-0.39, 0.29) is 0 Å². The first-order chi connectivity index (χ1) is 21.3. The third-order valence-corrected chi connectivity index (χ3v) is 9.14. The predicted octanol–water partition coefficient (Wildman–Crippen LogP) is 10.4. The van der Waals surface area contributed by atoms with Crippen LogP contribution in [0.4, 0.5) is 0 Å². The summed E-state index contributed by atoms with van der Waals surface area (Å²) in [6, 6.07) is 48.0. The molecule has 3 heteroatoms. The number of para-hydroxylation sites is 3. The van der Waals surface area contributed by atoms with E-state index in [2.05, 4.69) is 138 Å². The van der Waals surface area contributed by atoms with Crippen LogP contribution in [0.3, 0.4) is 0 Å². The molecule has 0 fully saturated rings. The van der Waals surface area contributed by atoms with Crippen molar-refractivity contribution >= 4 is 70.7 Å². The SMILES string of the molecule is c1cc(-c2cc3c(cn2)c2ccccc2n2c4ccccc4nc32)cc(-c2ccc3ccc4cccc5ccc2c3c45)c1. The molecule has 0 N–H and O–H groups in total. The Morgan fingerprint density at radius 3 is 2.09 bits per heavy atom. The van der Waals surface area contributed by atoms with Crippen molar-refractivity contribution in [2.75, 3.05) is 0 Å². The van der Waals surface area contributed by atoms with Gasteiger partial charge in [0, 0.05) is 27.9 Å². The molecule has 0 bridgehead atoms. The number of pyridine rings is 2. The maximum absolute atomic E-state index is 5.10. The lowest BCUT2D eigenvalue weighted by atomic mass is 9.89. The van der Waals surface area contributed by atoms with Crippen LogP contribution >= 0.6 is 0 Å². The predicted molar refractivity (Wildman–Crippen MR) is 180 cm³/mol. The molecule has 0 aliphatic heterocycles. The van der Waals surface area contributed by atoms with Crippen molar-refractivity contribution in [3.8, 4) is 22.4 Å². The maximum Gasteiger partial charge on any atom is 0.146 e. The number of rotatable bonds is 2. The van der Waals surface area contributed by atoms with Gasteiger partial charge in [-0.2, -0.15) is 0 Å². The lowest BCUT2D eigenvalue weighted by molar-refractivity contribution is 1.30. The van der Waals surface area contributed by atoms with Crippen LogP contribution in [-0.4, -0.2) is 14.4 Å². The molecule has 3 aromatic heterocycles. The number of hydrogen-bond donors (Lipinski definition) is 0. The van der Waals surface area contributed by atoms with E-state index in [0.29, 0.717) is 0 Å². The summed E-state index contributed by atoms with van der Waals surface area (Å²) in [5.41, 5.74) is 8.67. The molecule has 43 heavy (non-hydrogen) atoms. The molecule has 0 spiro atoms. The van der Waals surface area contributed by atoms with Gasteiger partial charge in [0.15, 0.2) is 0 Å². The van der Waals surface area contributed by atoms with E-state index < -0.39 is 0 Å². The van der Waals surface area contributed by atoms with Crippen molar-refractivity contribution in [2.24, 2.45) is 0 Å². The zero-order valence-electron chi connectivity index (χ0n) is 23.1. The van der Waals surface area contributed by atoms with Gasteiger partial charge in [-0.3, -0.25) is 9.38 Å². The quantitative estimate of drug-likeness (QED) is 0.202. The Hall–Kier alpha value is -5.80. The molecule has 3 heterocycles. The van der Waals surface area contributed by atoms with E-state index in [4.69, 9.17) is 9.97 Å². The Balaban J connectivity index is 1.21. The van der Waals surface area contributed by atoms with E-state index in [1.165, 1.54) is 48.8 Å². The van der Waals surface area contributed by atoms with Crippen molar-refractivity contribution in [1.82, 2.24) is 14.4 Å². The normalized spacial score (nSPS) is 12.2. The standard InChI is InChI=1S/C40H23N3/c1-3-13-36-30(11-1)33-23-41-35(22-32(33)40-42-34-12-2-4-14-37(34)43(36)40)28-10-6-9-27(21-28)29-19-17-26-16-15-24-7-5-8-25-18-20-31(29)39(26)38(24)25/h1-23H. The summed E-state index contributed by atoms with van der Waals surface area (Å²) >= 11 is 0. The molecule has 10 rings (SSSR count). The van der Waals surface area contributed by atoms with Crippen molar-refractivity contribution in [3.05, 3.63) is 140 Å². The Labute approximate surface area is 246 Å². The van der Waals surface area contributed by atoms with Crippen molar-refractivity contribution < 1.29 is 0 Å². The van der Waals surface area contributed by atoms with Crippen LogP contribution in [0.2, 0.25) is 0 Å². The highest BCUT2D eigenvalue weighted by atomic mass is 15.0. The molecule has 198 valence electrons. The van der Waals surface area contributed by atoms with Crippen LogP contribution < -0.4 is 0 Å². The number of nitrogens with zero attached hydrogens (tertiary/aromatic N) is 3. The van der Waals surface area contributed by atoms with Crippen LogP contribution in [-0.2, 0) is 0 Å². The van der Waals surface area contributed by atoms with Crippen LogP contribution in [0, 0.1) is 0 Å². The molecule has 0 atom stereocenters. The molecule has 10 aromatic rings. The minimum atomic E-state index is 0.941. The number of hydrogen-bond acceptors (Lipinski definition) is 2. The molecule has 0 saturated heterocycles. The molecule has 7 aromatic carbocycles. The van der Waals surface area contributed by atoms with Gasteiger partial charge in [0.2, 0.25) is 0 Å². The van der Waals surface area contributed by atoms with Gasteiger partial charge in [-0.15, -0.1) is 0 Å². The number of aromatic nitrogens is 3. The summed E-state index contributed by atoms with van der Waals surface area (Å²) in [5, 5.41) is 11.2. The molecule has 0 saturated carbocycles. The van der Waals surface area contributed by atoms with Gasteiger partial charge in [-0.25, -0.2) is 4.98 Å². The highest BCUT2D eigenvalue weighted by Gasteiger charge is 2.16. The van der Waals surface area contributed by atoms with Gasteiger partial charge in [0.1, 0.15) is 5.65 Å². The fraction of sp³-hybridized carbons (Fsp3) is 0. The third-order valence-electron chi connectivity index (χ3n) is 9.14. The summed E-state index contributed by atoms with van der Waals surface area (Å²) in [4.78, 5) is 10.1. The third kappa shape index (κ3) is 3.14. The smallest absolute Gasteiger partial charge is 0.146 e. The molecular formula is C40H23N3. The van der Waals surface area contributed by atoms with Gasteiger partial charge in [-0.1, -0.05) is 103 Å². The molecule has 0 radical (unpaired) electrons. The van der Waals surface area contributed by atoms with E-state index >= 15 is 0 Å². The van der Waals surface area contributed by atoms with E-state index in [1.807, 2.05) is 6.20 Å². The zero-order chi connectivity index (χ0) is 28.1. The molecule has 0 unspecified atom stereocenters. The minimum absolute atomic E-state index is 0.941. The Morgan fingerprint density at radius 1 is 0.465 bits per heavy atom. The first kappa shape index (κ1) is 22.8. The average Bonchev–Trinajstić information content (AvgIpc) is 3.47. The average molecular weight is 546 g/mol. The summed E-state index contributed by atoms with van der Waals surface area (Å²) in [5.74, 6) is 0. The largest absolute Gasteiger partial charge is 0.292 e. The van der Waals surface area contributed by atoms with E-state index in [1.54, 1.807) is 0 Å². The van der Waals surface area contributed by atoms with Gasteiger partial charge < -0.3 is 0 Å². The Morgan fingerprint density at radius 2 is 1.19 bits per heavy atom. The second-order valence-electron chi connectivity index (χ2n) is 11.4. The van der Waals surface area contributed by atoms with Gasteiger partial charge >= 0.3 is 0 Å². The van der Waals surface area contributed by atoms with Crippen LogP contribution in [0.5, 0.6) is 0 Å². The van der Waals surface area contributed by atoms with Crippen molar-refractivity contribution in [3.63, 3.8) is 0 Å². The number of fused-ring (bicyclic) bond motifs is 8. The molecule has 0 amide bonds. The zero-order valence-corrected chi connectivity index (χ0v) is 23.1. The molecule has 0 aliphatic rings. The van der Waals surface area contributed by atoms with Crippen molar-refractivity contribution in [2.45, 2.75) is 0 Å². The highest BCUT2D eigenvalue weighted by molar-refractivity contribution is 6.25. The first-order valence-corrected chi connectivity index (χ1v) is 14.7. The summed E-state index contributed by atoms with van der Waals surface area (Å²) < 4.78 is 2.29.